The van der Waals surface area contributed by atoms with E-state index >= 15 is 0 Å². The van der Waals surface area contributed by atoms with Gasteiger partial charge in [-0.1, -0.05) is 0 Å². The molecule has 0 aliphatic carbocycles. The summed E-state index contributed by atoms with van der Waals surface area (Å²) in [4.78, 5) is 0. The Labute approximate surface area is 93.4 Å². The van der Waals surface area contributed by atoms with Crippen molar-refractivity contribution in [1.29, 1.82) is 0 Å². The highest BCUT2D eigenvalue weighted by Gasteiger charge is 2.05. The maximum atomic E-state index is 5.61. The normalized spacial score (nSPS) is 10.4. The van der Waals surface area contributed by atoms with Crippen molar-refractivity contribution in [1.82, 2.24) is 0 Å². The molecule has 0 aliphatic heterocycles. The highest BCUT2D eigenvalue weighted by Crippen LogP contribution is 2.30. The lowest BCUT2D eigenvalue weighted by molar-refractivity contribution is 0.239. The second-order valence-electron chi connectivity index (χ2n) is 3.19. The lowest BCUT2D eigenvalue weighted by atomic mass is 10.3. The van der Waals surface area contributed by atoms with Crippen molar-refractivity contribution in [2.45, 2.75) is 26.9 Å². The fourth-order valence-electron chi connectivity index (χ4n) is 1.08. The molecule has 0 radical (unpaired) electrons. The molecular formula is C11H15BrO2. The van der Waals surface area contributed by atoms with Gasteiger partial charge in [-0.2, -0.15) is 0 Å². The smallest absolute Gasteiger partial charge is 0.137 e. The summed E-state index contributed by atoms with van der Waals surface area (Å²) in [6.07, 6.45) is 0.170. The Morgan fingerprint density at radius 3 is 2.64 bits per heavy atom. The maximum Gasteiger partial charge on any atom is 0.137 e. The minimum absolute atomic E-state index is 0.170. The van der Waals surface area contributed by atoms with E-state index in [1.165, 1.54) is 0 Å². The van der Waals surface area contributed by atoms with Gasteiger partial charge in [-0.25, -0.2) is 0 Å². The van der Waals surface area contributed by atoms with Crippen LogP contribution in [0, 0.1) is 0 Å². The predicted octanol–water partition coefficient (Wildman–Crippen LogP) is 3.64. The highest BCUT2D eigenvalue weighted by atomic mass is 79.9. The lowest BCUT2D eigenvalue weighted by Gasteiger charge is -2.12. The standard InChI is InChI=1S/C11H15BrO2/c1-4-13-9-5-6-10(12)11(7-9)14-8(2)3/h5-8H,4H2,1-3H3. The van der Waals surface area contributed by atoms with E-state index < -0.39 is 0 Å². The van der Waals surface area contributed by atoms with Crippen molar-refractivity contribution in [2.75, 3.05) is 6.61 Å². The Morgan fingerprint density at radius 2 is 2.07 bits per heavy atom. The van der Waals surface area contributed by atoms with Gasteiger partial charge in [0, 0.05) is 6.07 Å². The summed E-state index contributed by atoms with van der Waals surface area (Å²) in [5.41, 5.74) is 0. The molecule has 14 heavy (non-hydrogen) atoms. The number of hydrogen-bond donors (Lipinski definition) is 0. The van der Waals surface area contributed by atoms with Crippen LogP contribution in [0.25, 0.3) is 0 Å². The van der Waals surface area contributed by atoms with Gasteiger partial charge in [0.1, 0.15) is 11.5 Å². The van der Waals surface area contributed by atoms with Crippen LogP contribution >= 0.6 is 15.9 Å². The Hall–Kier alpha value is -0.700. The van der Waals surface area contributed by atoms with Crippen LogP contribution < -0.4 is 9.47 Å². The van der Waals surface area contributed by atoms with E-state index in [-0.39, 0.29) is 6.10 Å². The van der Waals surface area contributed by atoms with Crippen LogP contribution in [0.3, 0.4) is 0 Å². The number of benzene rings is 1. The third-order valence-electron chi connectivity index (χ3n) is 1.58. The first-order valence-corrected chi connectivity index (χ1v) is 5.51. The molecule has 0 atom stereocenters. The van der Waals surface area contributed by atoms with Gasteiger partial charge in [0.25, 0.3) is 0 Å². The van der Waals surface area contributed by atoms with Crippen molar-refractivity contribution in [3.8, 4) is 11.5 Å². The number of halogens is 1. The summed E-state index contributed by atoms with van der Waals surface area (Å²) in [6, 6.07) is 5.75. The van der Waals surface area contributed by atoms with E-state index in [1.54, 1.807) is 0 Å². The van der Waals surface area contributed by atoms with Crippen LogP contribution in [0.5, 0.6) is 11.5 Å². The van der Waals surface area contributed by atoms with Gasteiger partial charge in [0.05, 0.1) is 17.2 Å². The van der Waals surface area contributed by atoms with Crippen molar-refractivity contribution in [3.63, 3.8) is 0 Å². The average molecular weight is 259 g/mol. The summed E-state index contributed by atoms with van der Waals surface area (Å²) < 4.78 is 11.9. The van der Waals surface area contributed by atoms with Crippen molar-refractivity contribution >= 4 is 15.9 Å². The van der Waals surface area contributed by atoms with Gasteiger partial charge in [-0.15, -0.1) is 0 Å². The minimum Gasteiger partial charge on any atom is -0.494 e. The molecule has 0 saturated carbocycles. The molecule has 0 saturated heterocycles. The Bertz CT molecular complexity index is 297. The third kappa shape index (κ3) is 3.22. The average Bonchev–Trinajstić information content (AvgIpc) is 2.10. The zero-order valence-electron chi connectivity index (χ0n) is 8.71. The molecule has 0 spiro atoms. The van der Waals surface area contributed by atoms with E-state index in [1.807, 2.05) is 39.0 Å². The SMILES string of the molecule is CCOc1ccc(Br)c(OC(C)C)c1. The summed E-state index contributed by atoms with van der Waals surface area (Å²) in [5.74, 6) is 1.66. The van der Waals surface area contributed by atoms with Gasteiger partial charge in [0.2, 0.25) is 0 Å². The first-order chi connectivity index (χ1) is 6.63. The molecule has 0 aliphatic rings. The van der Waals surface area contributed by atoms with E-state index in [2.05, 4.69) is 15.9 Å². The van der Waals surface area contributed by atoms with E-state index in [9.17, 15) is 0 Å². The first-order valence-electron chi connectivity index (χ1n) is 4.72. The first kappa shape index (κ1) is 11.4. The Kier molecular flexibility index (Phi) is 4.26. The molecular weight excluding hydrogens is 244 g/mol. The highest BCUT2D eigenvalue weighted by molar-refractivity contribution is 9.10. The molecule has 78 valence electrons. The van der Waals surface area contributed by atoms with Gasteiger partial charge in [0.15, 0.2) is 0 Å². The van der Waals surface area contributed by atoms with Crippen LogP contribution in [0.1, 0.15) is 20.8 Å². The molecule has 0 aromatic heterocycles. The van der Waals surface area contributed by atoms with Crippen molar-refractivity contribution in [2.24, 2.45) is 0 Å². The molecule has 0 bridgehead atoms. The van der Waals surface area contributed by atoms with E-state index in [4.69, 9.17) is 9.47 Å². The monoisotopic (exact) mass is 258 g/mol. The number of rotatable bonds is 4. The quantitative estimate of drug-likeness (QED) is 0.821. The molecule has 1 aromatic carbocycles. The molecule has 0 amide bonds. The van der Waals surface area contributed by atoms with Crippen LogP contribution in [0.15, 0.2) is 22.7 Å². The molecule has 0 heterocycles. The van der Waals surface area contributed by atoms with Crippen LogP contribution in [-0.4, -0.2) is 12.7 Å². The fraction of sp³-hybridized carbons (Fsp3) is 0.455. The molecule has 0 fully saturated rings. The van der Waals surface area contributed by atoms with Crippen LogP contribution in [-0.2, 0) is 0 Å². The van der Waals surface area contributed by atoms with Gasteiger partial charge in [-0.3, -0.25) is 0 Å². The second-order valence-corrected chi connectivity index (χ2v) is 4.05. The van der Waals surface area contributed by atoms with Gasteiger partial charge < -0.3 is 9.47 Å². The van der Waals surface area contributed by atoms with Gasteiger partial charge >= 0.3 is 0 Å². The van der Waals surface area contributed by atoms with Crippen LogP contribution in [0.2, 0.25) is 0 Å². The number of ether oxygens (including phenoxy) is 2. The summed E-state index contributed by atoms with van der Waals surface area (Å²) in [6.45, 7) is 6.63. The molecule has 1 aromatic rings. The second kappa shape index (κ2) is 5.25. The Morgan fingerprint density at radius 1 is 1.36 bits per heavy atom. The molecule has 1 rings (SSSR count). The fourth-order valence-corrected chi connectivity index (χ4v) is 1.42. The topological polar surface area (TPSA) is 18.5 Å². The number of hydrogen-bond acceptors (Lipinski definition) is 2. The van der Waals surface area contributed by atoms with Crippen molar-refractivity contribution in [3.05, 3.63) is 22.7 Å². The van der Waals surface area contributed by atoms with Crippen molar-refractivity contribution < 1.29 is 9.47 Å². The molecule has 0 unspecified atom stereocenters. The zero-order valence-corrected chi connectivity index (χ0v) is 10.3. The van der Waals surface area contributed by atoms with E-state index in [0.717, 1.165) is 16.0 Å². The Balaban J connectivity index is 2.84. The third-order valence-corrected chi connectivity index (χ3v) is 2.23. The zero-order chi connectivity index (χ0) is 10.6. The lowest BCUT2D eigenvalue weighted by Crippen LogP contribution is -2.06. The molecule has 2 nitrogen and oxygen atoms in total. The molecule has 0 N–H and O–H groups in total. The minimum atomic E-state index is 0.170. The molecule has 3 heteroatoms. The maximum absolute atomic E-state index is 5.61. The van der Waals surface area contributed by atoms with Crippen LogP contribution in [0.4, 0.5) is 0 Å². The predicted molar refractivity (Wildman–Crippen MR) is 61.1 cm³/mol. The van der Waals surface area contributed by atoms with Gasteiger partial charge in [-0.05, 0) is 48.8 Å². The largest absolute Gasteiger partial charge is 0.494 e. The van der Waals surface area contributed by atoms with E-state index in [0.29, 0.717) is 6.61 Å². The summed E-state index contributed by atoms with van der Waals surface area (Å²) >= 11 is 3.43. The summed E-state index contributed by atoms with van der Waals surface area (Å²) in [5, 5.41) is 0. The summed E-state index contributed by atoms with van der Waals surface area (Å²) in [7, 11) is 0.